The highest BCUT2D eigenvalue weighted by Gasteiger charge is 2.38. The lowest BCUT2D eigenvalue weighted by Gasteiger charge is -2.21. The number of benzene rings is 3. The molecule has 4 heterocycles. The van der Waals surface area contributed by atoms with Crippen molar-refractivity contribution in [1.29, 1.82) is 0 Å². The van der Waals surface area contributed by atoms with Crippen molar-refractivity contribution in [3.63, 3.8) is 0 Å². The Bertz CT molecular complexity index is 3270. The van der Waals surface area contributed by atoms with Crippen LogP contribution in [0, 0.1) is 20.8 Å². The van der Waals surface area contributed by atoms with Gasteiger partial charge in [-0.15, -0.1) is 0 Å². The summed E-state index contributed by atoms with van der Waals surface area (Å²) in [5, 5.41) is 41.2. The van der Waals surface area contributed by atoms with Crippen molar-refractivity contribution in [3.05, 3.63) is 152 Å². The van der Waals surface area contributed by atoms with E-state index in [4.69, 9.17) is 10.2 Å². The molecule has 3 aromatic carbocycles. The number of carboxylic acids is 2. The van der Waals surface area contributed by atoms with Crippen LogP contribution < -0.4 is 5.32 Å². The maximum absolute atomic E-state index is 13.7. The van der Waals surface area contributed by atoms with Crippen LogP contribution in [0.3, 0.4) is 0 Å². The second-order valence-corrected chi connectivity index (χ2v) is 17.5. The molecular formula is C50H44F9N5O8. The van der Waals surface area contributed by atoms with Gasteiger partial charge in [-0.1, -0.05) is 6.07 Å². The van der Waals surface area contributed by atoms with E-state index in [-0.39, 0.29) is 50.6 Å². The average Bonchev–Trinajstić information content (AvgIpc) is 3.26. The van der Waals surface area contributed by atoms with Crippen molar-refractivity contribution in [2.75, 3.05) is 0 Å². The SMILES string of the molecule is CC(=O)c1cc(C(F)(F)F)c2nc(C(=O)O)cc(C)c2c1.Cc1cc(C(=O)NCc2ccccn2)nc2c(C(F)(F)F)cc(C(C)(C)O)cc12.Cc1cc(C(=O)O)nc2c(C(F)(F)F)cc(C(C)(C)O)cc12. The number of nitrogens with one attached hydrogen (secondary N) is 1. The third-order valence-corrected chi connectivity index (χ3v) is 10.9. The van der Waals surface area contributed by atoms with E-state index >= 15 is 0 Å². The lowest BCUT2D eigenvalue weighted by Crippen LogP contribution is -2.25. The molecule has 0 saturated heterocycles. The maximum Gasteiger partial charge on any atom is 0.418 e. The second kappa shape index (κ2) is 20.3. The van der Waals surface area contributed by atoms with Crippen molar-refractivity contribution in [3.8, 4) is 0 Å². The fourth-order valence-electron chi connectivity index (χ4n) is 7.13. The highest BCUT2D eigenvalue weighted by atomic mass is 19.4. The first kappa shape index (κ1) is 55.3. The fourth-order valence-corrected chi connectivity index (χ4v) is 7.13. The summed E-state index contributed by atoms with van der Waals surface area (Å²) in [6.07, 6.45) is -12.6. The quantitative estimate of drug-likeness (QED) is 0.0711. The molecule has 0 unspecified atom stereocenters. The minimum atomic E-state index is -4.74. The molecule has 0 saturated carbocycles. The van der Waals surface area contributed by atoms with Gasteiger partial charge in [0.25, 0.3) is 5.91 Å². The van der Waals surface area contributed by atoms with E-state index in [0.29, 0.717) is 28.5 Å². The molecule has 0 bridgehead atoms. The average molecular weight is 1010 g/mol. The Hall–Kier alpha value is -7.59. The van der Waals surface area contributed by atoms with Gasteiger partial charge in [-0.2, -0.15) is 39.5 Å². The van der Waals surface area contributed by atoms with E-state index < -0.39 is 92.5 Å². The van der Waals surface area contributed by atoms with Gasteiger partial charge in [0.2, 0.25) is 0 Å². The Balaban J connectivity index is 0.000000204. The van der Waals surface area contributed by atoms with Crippen LogP contribution in [0.2, 0.25) is 0 Å². The normalized spacial score (nSPS) is 12.2. The summed E-state index contributed by atoms with van der Waals surface area (Å²) in [7, 11) is 0. The molecule has 0 aliphatic heterocycles. The van der Waals surface area contributed by atoms with Gasteiger partial charge < -0.3 is 25.7 Å². The van der Waals surface area contributed by atoms with Crippen molar-refractivity contribution in [2.45, 2.75) is 91.7 Å². The van der Waals surface area contributed by atoms with Crippen LogP contribution in [0.5, 0.6) is 0 Å². The number of pyridine rings is 4. The topological polar surface area (TPSA) is 213 Å². The van der Waals surface area contributed by atoms with Crippen LogP contribution in [-0.4, -0.2) is 64.0 Å². The second-order valence-electron chi connectivity index (χ2n) is 17.5. The minimum Gasteiger partial charge on any atom is -0.477 e. The van der Waals surface area contributed by atoms with E-state index in [1.54, 1.807) is 31.3 Å². The van der Waals surface area contributed by atoms with Crippen LogP contribution in [0.15, 0.2) is 79.0 Å². The number of fused-ring (bicyclic) bond motifs is 3. The zero-order valence-corrected chi connectivity index (χ0v) is 39.3. The minimum absolute atomic E-state index is 0.0836. The standard InChI is InChI=1S/C21H20F3N3O2.C15H14F3NO3.C14H10F3NO3/c1-12-8-17(19(28)26-11-14-6-4-5-7-25-14)27-18-15(12)9-13(20(2,3)29)10-16(18)21(22,23)24;1-7-4-11(13(20)21)19-12-9(7)5-8(14(2,3)22)6-10(12)15(16,17)18;1-6-3-11(13(20)21)18-12-9(6)4-8(7(2)19)5-10(12)14(15,16)17/h4-10,29H,11H2,1-3H3,(H,26,28);4-6,22H,1-3H3,(H,20,21);3-5H,1-2H3,(H,20,21). The van der Waals surface area contributed by atoms with Crippen molar-refractivity contribution >= 4 is 56.3 Å². The Labute approximate surface area is 403 Å². The molecule has 22 heteroatoms. The van der Waals surface area contributed by atoms with E-state index in [0.717, 1.165) is 19.1 Å². The number of hydrogen-bond acceptors (Lipinski definition) is 10. The molecule has 7 rings (SSSR count). The first-order chi connectivity index (χ1) is 33.0. The summed E-state index contributed by atoms with van der Waals surface area (Å²) in [4.78, 5) is 61.1. The lowest BCUT2D eigenvalue weighted by atomic mass is 9.92. The number of rotatable bonds is 8. The van der Waals surface area contributed by atoms with Crippen LogP contribution in [0.4, 0.5) is 39.5 Å². The van der Waals surface area contributed by atoms with Gasteiger partial charge in [-0.25, -0.2) is 24.5 Å². The summed E-state index contributed by atoms with van der Waals surface area (Å²) in [6.45, 7) is 11.5. The number of halogens is 9. The largest absolute Gasteiger partial charge is 0.477 e. The third-order valence-electron chi connectivity index (χ3n) is 10.9. The molecule has 0 radical (unpaired) electrons. The molecule has 0 aliphatic carbocycles. The number of carboxylic acid groups (broad SMARTS) is 2. The molecule has 380 valence electrons. The number of aryl methyl sites for hydroxylation is 3. The number of amides is 1. The van der Waals surface area contributed by atoms with Crippen LogP contribution in [0.25, 0.3) is 32.7 Å². The number of alkyl halides is 9. The number of hydrogen-bond donors (Lipinski definition) is 5. The molecule has 7 aromatic rings. The van der Waals surface area contributed by atoms with Gasteiger partial charge in [0, 0.05) is 27.9 Å². The highest BCUT2D eigenvalue weighted by molar-refractivity contribution is 6.01. The summed E-state index contributed by atoms with van der Waals surface area (Å²) >= 11 is 0. The first-order valence-corrected chi connectivity index (χ1v) is 21.2. The number of nitrogens with zero attached hydrogens (tertiary/aromatic N) is 4. The number of aromatic carboxylic acids is 2. The zero-order valence-electron chi connectivity index (χ0n) is 39.3. The zero-order chi connectivity index (χ0) is 54.2. The number of carbonyl (C=O) groups excluding carboxylic acids is 2. The van der Waals surface area contributed by atoms with Crippen molar-refractivity contribution in [2.24, 2.45) is 0 Å². The number of ketones is 1. The fraction of sp³-hybridized carbons (Fsp3) is 0.280. The van der Waals surface area contributed by atoms with E-state index in [1.165, 1.54) is 77.9 Å². The molecule has 72 heavy (non-hydrogen) atoms. The molecule has 0 aliphatic rings. The number of aliphatic hydroxyl groups is 2. The summed E-state index contributed by atoms with van der Waals surface area (Å²) in [6, 6.07) is 15.6. The number of carbonyl (C=O) groups is 4. The molecular weight excluding hydrogens is 970 g/mol. The van der Waals surface area contributed by atoms with E-state index in [2.05, 4.69) is 25.3 Å². The van der Waals surface area contributed by atoms with Crippen LogP contribution in [-0.2, 0) is 36.3 Å². The Morgan fingerprint density at radius 3 is 1.26 bits per heavy atom. The van der Waals surface area contributed by atoms with Gasteiger partial charge >= 0.3 is 30.5 Å². The van der Waals surface area contributed by atoms with Gasteiger partial charge in [0.15, 0.2) is 5.78 Å². The summed E-state index contributed by atoms with van der Waals surface area (Å²) in [5.74, 6) is -3.92. The van der Waals surface area contributed by atoms with E-state index in [9.17, 15) is 68.9 Å². The predicted molar refractivity (Wildman–Crippen MR) is 244 cm³/mol. The Morgan fingerprint density at radius 1 is 0.542 bits per heavy atom. The van der Waals surface area contributed by atoms with Crippen LogP contribution in [0.1, 0.15) is 127 Å². The predicted octanol–water partition coefficient (Wildman–Crippen LogP) is 11.1. The first-order valence-electron chi connectivity index (χ1n) is 21.2. The van der Waals surface area contributed by atoms with Gasteiger partial charge in [0.05, 0.1) is 56.7 Å². The lowest BCUT2D eigenvalue weighted by molar-refractivity contribution is -0.137. The summed E-state index contributed by atoms with van der Waals surface area (Å²) in [5.41, 5.74) is -6.53. The maximum atomic E-state index is 13.7. The van der Waals surface area contributed by atoms with Crippen molar-refractivity contribution in [1.82, 2.24) is 25.3 Å². The molecule has 0 atom stereocenters. The van der Waals surface area contributed by atoms with Gasteiger partial charge in [0.1, 0.15) is 17.1 Å². The van der Waals surface area contributed by atoms with Gasteiger partial charge in [-0.05, 0) is 150 Å². The Morgan fingerprint density at radius 2 is 0.917 bits per heavy atom. The monoisotopic (exact) mass is 1010 g/mol. The van der Waals surface area contributed by atoms with Crippen molar-refractivity contribution < 1.29 is 79.1 Å². The molecule has 4 aromatic heterocycles. The van der Waals surface area contributed by atoms with Crippen LogP contribution >= 0.6 is 0 Å². The van der Waals surface area contributed by atoms with Gasteiger partial charge in [-0.3, -0.25) is 14.6 Å². The molecule has 0 fully saturated rings. The summed E-state index contributed by atoms with van der Waals surface area (Å²) < 4.78 is 120. The van der Waals surface area contributed by atoms with E-state index in [1.807, 2.05) is 0 Å². The molecule has 1 amide bonds. The number of Topliss-reactive ketones (excluding diaryl/α,β-unsaturated/α-hetero) is 1. The molecule has 13 nitrogen and oxygen atoms in total. The third kappa shape index (κ3) is 12.8. The Kier molecular flexibility index (Phi) is 15.6. The molecule has 0 spiro atoms. The molecule has 5 N–H and O–H groups in total. The number of aromatic nitrogens is 4. The smallest absolute Gasteiger partial charge is 0.418 e. The highest BCUT2D eigenvalue weighted by Crippen LogP contribution is 2.40.